The molecule has 0 aromatic carbocycles. The Bertz CT molecular complexity index is 133. The summed E-state index contributed by atoms with van der Waals surface area (Å²) in [5, 5.41) is 4.16. The molecule has 0 aromatic rings. The largest absolute Gasteiger partial charge is 0.304 e. The summed E-state index contributed by atoms with van der Waals surface area (Å²) in [6, 6.07) is 1.42. The van der Waals surface area contributed by atoms with Crippen molar-refractivity contribution in [2.45, 2.75) is 45.7 Å². The lowest BCUT2D eigenvalue weighted by atomic mass is 10.2. The average molecular weight is 216 g/mol. The van der Waals surface area contributed by atoms with Gasteiger partial charge in [-0.05, 0) is 24.7 Å². The topological polar surface area (TPSA) is 15.3 Å². The Labute approximate surface area is 92.3 Å². The van der Waals surface area contributed by atoms with E-state index in [4.69, 9.17) is 0 Å². The van der Waals surface area contributed by atoms with E-state index < -0.39 is 0 Å². The molecular formula is C11H28N2Si. The van der Waals surface area contributed by atoms with Gasteiger partial charge in [0.25, 0.3) is 0 Å². The molecule has 0 radical (unpaired) electrons. The van der Waals surface area contributed by atoms with Crippen molar-refractivity contribution in [3.05, 3.63) is 0 Å². The van der Waals surface area contributed by atoms with Crippen molar-refractivity contribution >= 4 is 9.52 Å². The van der Waals surface area contributed by atoms with Gasteiger partial charge in [-0.2, -0.15) is 0 Å². The van der Waals surface area contributed by atoms with Gasteiger partial charge in [0.2, 0.25) is 0 Å². The number of nitrogens with zero attached hydrogens (tertiary/aromatic N) is 1. The molecule has 0 bridgehead atoms. The minimum Gasteiger partial charge on any atom is -0.304 e. The molecule has 14 heavy (non-hydrogen) atoms. The van der Waals surface area contributed by atoms with Crippen molar-refractivity contribution in [1.29, 1.82) is 0 Å². The summed E-state index contributed by atoms with van der Waals surface area (Å²) < 4.78 is 0. The van der Waals surface area contributed by atoms with Gasteiger partial charge in [0, 0.05) is 16.2 Å². The quantitative estimate of drug-likeness (QED) is 0.491. The van der Waals surface area contributed by atoms with Crippen molar-refractivity contribution in [3.63, 3.8) is 0 Å². The third kappa shape index (κ3) is 6.57. The predicted molar refractivity (Wildman–Crippen MR) is 68.9 cm³/mol. The van der Waals surface area contributed by atoms with Gasteiger partial charge in [-0.25, -0.2) is 0 Å². The summed E-state index contributed by atoms with van der Waals surface area (Å²) >= 11 is 0. The Morgan fingerprint density at radius 2 is 1.71 bits per heavy atom. The highest BCUT2D eigenvalue weighted by Crippen LogP contribution is 2.21. The van der Waals surface area contributed by atoms with Crippen molar-refractivity contribution in [3.8, 4) is 0 Å². The van der Waals surface area contributed by atoms with E-state index in [1.54, 1.807) is 0 Å². The summed E-state index contributed by atoms with van der Waals surface area (Å²) in [5.74, 6) is 0. The molecule has 86 valence electrons. The van der Waals surface area contributed by atoms with E-state index >= 15 is 0 Å². The SMILES string of the molecule is CC[SiH2]C(C)(C)CNCN(CC)CC. The molecular weight excluding hydrogens is 188 g/mol. The molecule has 0 amide bonds. The van der Waals surface area contributed by atoms with Crippen LogP contribution >= 0.6 is 0 Å². The summed E-state index contributed by atoms with van der Waals surface area (Å²) in [7, 11) is 0.111. The molecule has 0 saturated heterocycles. The molecule has 2 nitrogen and oxygen atoms in total. The fourth-order valence-corrected chi connectivity index (χ4v) is 3.47. The molecule has 0 aliphatic rings. The zero-order valence-electron chi connectivity index (χ0n) is 10.7. The Hall–Kier alpha value is 0.137. The van der Waals surface area contributed by atoms with Crippen molar-refractivity contribution in [1.82, 2.24) is 10.2 Å². The van der Waals surface area contributed by atoms with E-state index in [0.29, 0.717) is 5.04 Å². The van der Waals surface area contributed by atoms with Crippen LogP contribution in [0.5, 0.6) is 0 Å². The lowest BCUT2D eigenvalue weighted by Crippen LogP contribution is -2.38. The summed E-state index contributed by atoms with van der Waals surface area (Å²) in [6.07, 6.45) is 0. The fourth-order valence-electron chi connectivity index (χ4n) is 1.76. The Morgan fingerprint density at radius 1 is 1.14 bits per heavy atom. The molecule has 1 N–H and O–H groups in total. The fraction of sp³-hybridized carbons (Fsp3) is 1.00. The molecule has 0 rings (SSSR count). The molecule has 0 saturated carbocycles. The first-order valence-corrected chi connectivity index (χ1v) is 7.69. The number of hydrogen-bond acceptors (Lipinski definition) is 2. The zero-order valence-corrected chi connectivity index (χ0v) is 12.1. The number of rotatable bonds is 8. The van der Waals surface area contributed by atoms with Crippen LogP contribution in [0.25, 0.3) is 0 Å². The highest BCUT2D eigenvalue weighted by atomic mass is 28.2. The second-order valence-corrected chi connectivity index (χ2v) is 8.22. The van der Waals surface area contributed by atoms with Gasteiger partial charge in [0.05, 0.1) is 0 Å². The Kier molecular flexibility index (Phi) is 7.50. The predicted octanol–water partition coefficient (Wildman–Crippen LogP) is 1.68. The summed E-state index contributed by atoms with van der Waals surface area (Å²) in [6.45, 7) is 16.1. The molecule has 3 heteroatoms. The third-order valence-corrected chi connectivity index (χ3v) is 4.86. The summed E-state index contributed by atoms with van der Waals surface area (Å²) in [4.78, 5) is 2.42. The van der Waals surface area contributed by atoms with E-state index in [0.717, 1.165) is 19.8 Å². The Morgan fingerprint density at radius 3 is 2.14 bits per heavy atom. The standard InChI is InChI=1S/C11H28N2Si/c1-6-13(7-2)10-12-9-11(4,5)14-8-3/h12H,6-10,14H2,1-5H3. The van der Waals surface area contributed by atoms with Gasteiger partial charge >= 0.3 is 0 Å². The maximum atomic E-state index is 3.57. The second-order valence-electron chi connectivity index (χ2n) is 4.80. The molecule has 0 heterocycles. The first kappa shape index (κ1) is 14.1. The van der Waals surface area contributed by atoms with Gasteiger partial charge in [-0.1, -0.05) is 40.7 Å². The van der Waals surface area contributed by atoms with Gasteiger partial charge in [0.15, 0.2) is 0 Å². The van der Waals surface area contributed by atoms with Crippen molar-refractivity contribution < 1.29 is 0 Å². The molecule has 0 aromatic heterocycles. The van der Waals surface area contributed by atoms with Crippen LogP contribution < -0.4 is 5.32 Å². The lowest BCUT2D eigenvalue weighted by Gasteiger charge is -2.26. The molecule has 0 aliphatic carbocycles. The minimum absolute atomic E-state index is 0.111. The van der Waals surface area contributed by atoms with E-state index in [-0.39, 0.29) is 9.52 Å². The van der Waals surface area contributed by atoms with E-state index in [1.807, 2.05) is 0 Å². The molecule has 0 atom stereocenters. The molecule has 0 spiro atoms. The van der Waals surface area contributed by atoms with Crippen LogP contribution in [0.4, 0.5) is 0 Å². The van der Waals surface area contributed by atoms with Crippen LogP contribution in [0.15, 0.2) is 0 Å². The maximum absolute atomic E-state index is 3.57. The lowest BCUT2D eigenvalue weighted by molar-refractivity contribution is 0.274. The van der Waals surface area contributed by atoms with Gasteiger partial charge in [-0.15, -0.1) is 0 Å². The highest BCUT2D eigenvalue weighted by Gasteiger charge is 2.16. The highest BCUT2D eigenvalue weighted by molar-refractivity contribution is 6.39. The first-order valence-electron chi connectivity index (χ1n) is 5.98. The van der Waals surface area contributed by atoms with Crippen LogP contribution in [0.2, 0.25) is 11.1 Å². The first-order chi connectivity index (χ1) is 6.55. The molecule has 0 unspecified atom stereocenters. The van der Waals surface area contributed by atoms with E-state index in [2.05, 4.69) is 44.8 Å². The Balaban J connectivity index is 3.60. The van der Waals surface area contributed by atoms with Gasteiger partial charge in [0.1, 0.15) is 0 Å². The average Bonchev–Trinajstić information content (AvgIpc) is 2.12. The van der Waals surface area contributed by atoms with Crippen LogP contribution in [-0.4, -0.2) is 40.7 Å². The van der Waals surface area contributed by atoms with Crippen molar-refractivity contribution in [2.75, 3.05) is 26.3 Å². The van der Waals surface area contributed by atoms with E-state index in [9.17, 15) is 0 Å². The molecule has 0 fully saturated rings. The van der Waals surface area contributed by atoms with Gasteiger partial charge in [-0.3, -0.25) is 4.90 Å². The van der Waals surface area contributed by atoms with Crippen molar-refractivity contribution in [2.24, 2.45) is 0 Å². The van der Waals surface area contributed by atoms with Gasteiger partial charge < -0.3 is 5.32 Å². The van der Waals surface area contributed by atoms with Crippen LogP contribution in [0, 0.1) is 0 Å². The summed E-state index contributed by atoms with van der Waals surface area (Å²) in [5.41, 5.74) is 0. The maximum Gasteiger partial charge on any atom is 0.0480 e. The monoisotopic (exact) mass is 216 g/mol. The number of hydrogen-bond donors (Lipinski definition) is 1. The normalized spacial score (nSPS) is 13.3. The van der Waals surface area contributed by atoms with Crippen LogP contribution in [-0.2, 0) is 0 Å². The minimum atomic E-state index is 0.111. The van der Waals surface area contributed by atoms with Crippen LogP contribution in [0.1, 0.15) is 34.6 Å². The van der Waals surface area contributed by atoms with Crippen LogP contribution in [0.3, 0.4) is 0 Å². The zero-order chi connectivity index (χ0) is 11.0. The third-order valence-electron chi connectivity index (χ3n) is 2.76. The van der Waals surface area contributed by atoms with E-state index in [1.165, 1.54) is 12.6 Å². The smallest absolute Gasteiger partial charge is 0.0480 e. The molecule has 0 aliphatic heterocycles. The number of nitrogens with one attached hydrogen (secondary N) is 1. The second kappa shape index (κ2) is 7.43.